The monoisotopic (exact) mass is 790 g/mol. The first-order chi connectivity index (χ1) is 27.8. The van der Waals surface area contributed by atoms with Crippen LogP contribution >= 0.6 is 34.0 Å². The van der Waals surface area contributed by atoms with Crippen LogP contribution in [0.15, 0.2) is 182 Å². The van der Waals surface area contributed by atoms with E-state index in [0.717, 1.165) is 34.1 Å². The number of hydrogen-bond acceptors (Lipinski definition) is 5. The predicted molar refractivity (Wildman–Crippen MR) is 250 cm³/mol. The van der Waals surface area contributed by atoms with Gasteiger partial charge < -0.3 is 9.80 Å². The van der Waals surface area contributed by atoms with Gasteiger partial charge in [0.05, 0.1) is 0 Å². The molecule has 9 rings (SSSR count). The first-order valence-electron chi connectivity index (χ1n) is 19.2. The van der Waals surface area contributed by atoms with E-state index in [-0.39, 0.29) is 0 Å². The van der Waals surface area contributed by atoms with Gasteiger partial charge in [0, 0.05) is 63.4 Å². The molecule has 0 aliphatic rings. The van der Waals surface area contributed by atoms with Crippen LogP contribution in [0.5, 0.6) is 0 Å². The fraction of sp³-hybridized carbons (Fsp3) is 0.0769. The minimum absolute atomic E-state index is 1.14. The summed E-state index contributed by atoms with van der Waals surface area (Å²) in [6.45, 7) is 8.53. The van der Waals surface area contributed by atoms with Gasteiger partial charge in [0.1, 0.15) is 0 Å². The van der Waals surface area contributed by atoms with Gasteiger partial charge in [-0.25, -0.2) is 0 Å². The first kappa shape index (κ1) is 36.6. The van der Waals surface area contributed by atoms with Crippen molar-refractivity contribution in [1.82, 2.24) is 0 Å². The lowest BCUT2D eigenvalue weighted by Crippen LogP contribution is -2.09. The molecule has 0 aliphatic heterocycles. The van der Waals surface area contributed by atoms with Crippen molar-refractivity contribution < 1.29 is 0 Å². The lowest BCUT2D eigenvalue weighted by atomic mass is 10.1. The zero-order valence-corrected chi connectivity index (χ0v) is 34.9. The largest absolute Gasteiger partial charge is 0.311 e. The maximum absolute atomic E-state index is 2.33. The average Bonchev–Trinajstić information content (AvgIpc) is 4.04. The second-order valence-electron chi connectivity index (χ2n) is 14.6. The fourth-order valence-corrected chi connectivity index (χ4v) is 10.3. The summed E-state index contributed by atoms with van der Waals surface area (Å²) in [7, 11) is 0. The summed E-state index contributed by atoms with van der Waals surface area (Å²) in [6, 6.07) is 66.6. The molecule has 0 unspecified atom stereocenters. The van der Waals surface area contributed by atoms with Gasteiger partial charge in [0.2, 0.25) is 0 Å². The van der Waals surface area contributed by atoms with Crippen LogP contribution in [-0.4, -0.2) is 0 Å². The Hall–Kier alpha value is -5.98. The SMILES string of the molecule is Cc1ccc(N(c2ccc(C)cc2)c2ccc(-c3ccc(-c4ccc(-c5ccc(-c6ccc(N(c7ccc(C)cc7)c7ccc(C)cc7)cc6)s5)s4)s3)cc2)cc1. The summed E-state index contributed by atoms with van der Waals surface area (Å²) in [6.07, 6.45) is 0. The molecule has 0 atom stereocenters. The molecule has 6 aromatic carbocycles. The summed E-state index contributed by atoms with van der Waals surface area (Å²) < 4.78 is 0. The third kappa shape index (κ3) is 7.88. The van der Waals surface area contributed by atoms with Gasteiger partial charge in [-0.3, -0.25) is 0 Å². The van der Waals surface area contributed by atoms with Gasteiger partial charge in [0.15, 0.2) is 0 Å². The van der Waals surface area contributed by atoms with E-state index < -0.39 is 0 Å². The van der Waals surface area contributed by atoms with E-state index >= 15 is 0 Å². The molecule has 0 radical (unpaired) electrons. The normalized spacial score (nSPS) is 11.2. The third-order valence-corrected chi connectivity index (χ3v) is 14.0. The van der Waals surface area contributed by atoms with Crippen LogP contribution < -0.4 is 9.80 Å². The molecule has 0 aliphatic carbocycles. The Balaban J connectivity index is 0.919. The number of nitrogens with zero attached hydrogens (tertiary/aromatic N) is 2. The highest BCUT2D eigenvalue weighted by Crippen LogP contribution is 2.44. The Bertz CT molecular complexity index is 2450. The summed E-state index contributed by atoms with van der Waals surface area (Å²) in [4.78, 5) is 12.4. The van der Waals surface area contributed by atoms with Crippen LogP contribution in [0.25, 0.3) is 40.4 Å². The molecular weight excluding hydrogens is 749 g/mol. The zero-order valence-electron chi connectivity index (χ0n) is 32.4. The minimum Gasteiger partial charge on any atom is -0.311 e. The van der Waals surface area contributed by atoms with Crippen LogP contribution in [0.4, 0.5) is 34.1 Å². The summed E-state index contributed by atoms with van der Waals surface area (Å²) in [5.41, 5.74) is 14.4. The van der Waals surface area contributed by atoms with Crippen LogP contribution in [-0.2, 0) is 0 Å². The number of aryl methyl sites for hydroxylation is 4. The Labute approximate surface area is 348 Å². The van der Waals surface area contributed by atoms with Gasteiger partial charge in [-0.2, -0.15) is 0 Å². The van der Waals surface area contributed by atoms with Crippen LogP contribution in [0.3, 0.4) is 0 Å². The summed E-state index contributed by atoms with van der Waals surface area (Å²) >= 11 is 5.59. The Morgan fingerprint density at radius 2 is 0.421 bits per heavy atom. The van der Waals surface area contributed by atoms with Crippen molar-refractivity contribution in [2.75, 3.05) is 9.80 Å². The molecule has 3 heterocycles. The zero-order chi connectivity index (χ0) is 38.9. The topological polar surface area (TPSA) is 6.48 Å². The van der Waals surface area contributed by atoms with Crippen LogP contribution in [0.2, 0.25) is 0 Å². The predicted octanol–water partition coefficient (Wildman–Crippen LogP) is 16.7. The molecule has 0 bridgehead atoms. The number of hydrogen-bond donors (Lipinski definition) is 0. The molecule has 57 heavy (non-hydrogen) atoms. The molecular formula is C52H42N2S3. The number of benzene rings is 6. The van der Waals surface area contributed by atoms with Crippen molar-refractivity contribution >= 4 is 68.1 Å². The van der Waals surface area contributed by atoms with Crippen molar-refractivity contribution in [3.63, 3.8) is 0 Å². The average molecular weight is 791 g/mol. The molecule has 0 saturated heterocycles. The highest BCUT2D eigenvalue weighted by Gasteiger charge is 2.16. The summed E-state index contributed by atoms with van der Waals surface area (Å²) in [5.74, 6) is 0. The number of rotatable bonds is 10. The van der Waals surface area contributed by atoms with Gasteiger partial charge in [-0.05, 0) is 148 Å². The van der Waals surface area contributed by atoms with Crippen molar-refractivity contribution in [3.8, 4) is 40.4 Å². The minimum atomic E-state index is 1.14. The van der Waals surface area contributed by atoms with E-state index in [4.69, 9.17) is 0 Å². The van der Waals surface area contributed by atoms with E-state index in [1.807, 2.05) is 34.0 Å². The Morgan fingerprint density at radius 3 is 0.667 bits per heavy atom. The van der Waals surface area contributed by atoms with Gasteiger partial charge in [-0.1, -0.05) is 95.1 Å². The molecule has 278 valence electrons. The van der Waals surface area contributed by atoms with Crippen LogP contribution in [0.1, 0.15) is 22.3 Å². The van der Waals surface area contributed by atoms with Crippen molar-refractivity contribution in [3.05, 3.63) is 204 Å². The smallest absolute Gasteiger partial charge is 0.0462 e. The molecule has 0 spiro atoms. The second-order valence-corrected chi connectivity index (χ2v) is 17.8. The second kappa shape index (κ2) is 15.9. The molecule has 0 N–H and O–H groups in total. The highest BCUT2D eigenvalue weighted by atomic mass is 32.1. The van der Waals surface area contributed by atoms with E-state index in [0.29, 0.717) is 0 Å². The molecule has 2 nitrogen and oxygen atoms in total. The summed E-state index contributed by atoms with van der Waals surface area (Å²) in [5, 5.41) is 0. The lowest BCUT2D eigenvalue weighted by Gasteiger charge is -2.26. The maximum Gasteiger partial charge on any atom is 0.0462 e. The van der Waals surface area contributed by atoms with Crippen LogP contribution in [0, 0.1) is 27.7 Å². The Morgan fingerprint density at radius 1 is 0.228 bits per heavy atom. The van der Waals surface area contributed by atoms with Gasteiger partial charge in [-0.15, -0.1) is 34.0 Å². The van der Waals surface area contributed by atoms with Crippen molar-refractivity contribution in [2.45, 2.75) is 27.7 Å². The molecule has 9 aromatic rings. The van der Waals surface area contributed by atoms with Gasteiger partial charge in [0.25, 0.3) is 0 Å². The number of thiophene rings is 3. The molecule has 0 amide bonds. The third-order valence-electron chi connectivity index (χ3n) is 10.3. The quantitative estimate of drug-likeness (QED) is 0.136. The van der Waals surface area contributed by atoms with E-state index in [1.165, 1.54) is 62.6 Å². The Kier molecular flexibility index (Phi) is 10.2. The van der Waals surface area contributed by atoms with Gasteiger partial charge >= 0.3 is 0 Å². The molecule has 0 saturated carbocycles. The molecule has 3 aromatic heterocycles. The lowest BCUT2D eigenvalue weighted by molar-refractivity contribution is 1.27. The molecule has 5 heteroatoms. The highest BCUT2D eigenvalue weighted by molar-refractivity contribution is 7.27. The van der Waals surface area contributed by atoms with E-state index in [1.54, 1.807) is 0 Å². The van der Waals surface area contributed by atoms with Crippen molar-refractivity contribution in [1.29, 1.82) is 0 Å². The molecule has 0 fully saturated rings. The first-order valence-corrected chi connectivity index (χ1v) is 21.7. The number of anilines is 6. The van der Waals surface area contributed by atoms with E-state index in [2.05, 4.69) is 219 Å². The van der Waals surface area contributed by atoms with E-state index in [9.17, 15) is 0 Å². The van der Waals surface area contributed by atoms with Crippen molar-refractivity contribution in [2.24, 2.45) is 0 Å². The maximum atomic E-state index is 2.33. The fourth-order valence-electron chi connectivity index (χ4n) is 7.07. The standard InChI is InChI=1S/C52H42N2S3/c1-35-5-17-41(18-6-35)53(42-19-7-36(2)8-20-42)45-25-13-39(14-26-45)47-29-31-49(55-47)51-33-34-52(57-51)50-32-30-48(56-50)40-15-27-46(28-16-40)54(43-21-9-37(3)10-22-43)44-23-11-38(4)12-24-44/h5-34H,1-4H3.